The molecule has 3 rings (SSSR count). The maximum Gasteiger partial charge on any atom is 0.303 e. The Morgan fingerprint density at radius 1 is 1.28 bits per heavy atom. The lowest BCUT2D eigenvalue weighted by Crippen LogP contribution is -2.45. The number of carboxylic acid groups (broad SMARTS) is 1. The molecule has 1 saturated heterocycles. The number of β-amino-alcohol motifs (C(OH)–C–C–N with tert-alkyl or cyclic N) is 1. The van der Waals surface area contributed by atoms with Gasteiger partial charge < -0.3 is 20.4 Å². The van der Waals surface area contributed by atoms with E-state index in [2.05, 4.69) is 20.2 Å². The molecule has 0 spiro atoms. The zero-order valence-corrected chi connectivity index (χ0v) is 13.7. The molecule has 0 unspecified atom stereocenters. The number of carbonyl (C=O) groups excluding carboxylic acids is 1. The molecule has 0 aliphatic carbocycles. The molecule has 1 aliphatic heterocycles. The fourth-order valence-corrected chi connectivity index (χ4v) is 3.03. The zero-order chi connectivity index (χ0) is 17.9. The predicted molar refractivity (Wildman–Crippen MR) is 91.2 cm³/mol. The average molecular weight is 344 g/mol. The van der Waals surface area contributed by atoms with Crippen molar-refractivity contribution < 1.29 is 19.8 Å². The molecule has 2 aromatic rings. The first-order valence-corrected chi connectivity index (χ1v) is 8.11. The SMILES string of the molecule is O=C(O)CCC(=O)NC[C@@]1(O)CCN(c2ccnc3ccncc23)C1. The van der Waals surface area contributed by atoms with E-state index in [1.165, 1.54) is 0 Å². The van der Waals surface area contributed by atoms with Gasteiger partial charge in [0.05, 0.1) is 11.9 Å². The molecule has 3 N–H and O–H groups in total. The van der Waals surface area contributed by atoms with Gasteiger partial charge in [0.2, 0.25) is 5.91 Å². The molecule has 0 aromatic carbocycles. The molecule has 2 aromatic heterocycles. The van der Waals surface area contributed by atoms with E-state index in [-0.39, 0.29) is 25.3 Å². The summed E-state index contributed by atoms with van der Waals surface area (Å²) in [4.78, 5) is 32.6. The van der Waals surface area contributed by atoms with Gasteiger partial charge in [-0.25, -0.2) is 0 Å². The number of aliphatic carboxylic acids is 1. The Labute approximate surface area is 144 Å². The molecule has 3 heterocycles. The first-order chi connectivity index (χ1) is 12.0. The maximum atomic E-state index is 11.7. The van der Waals surface area contributed by atoms with Crippen molar-refractivity contribution in [2.75, 3.05) is 24.5 Å². The lowest BCUT2D eigenvalue weighted by atomic mass is 10.0. The second-order valence-corrected chi connectivity index (χ2v) is 6.29. The molecule has 8 heteroatoms. The van der Waals surface area contributed by atoms with E-state index < -0.39 is 11.6 Å². The number of carboxylic acids is 1. The minimum atomic E-state index is -1.04. The van der Waals surface area contributed by atoms with E-state index in [0.717, 1.165) is 16.6 Å². The summed E-state index contributed by atoms with van der Waals surface area (Å²) in [5.41, 5.74) is 0.743. The van der Waals surface area contributed by atoms with E-state index in [1.807, 2.05) is 12.1 Å². The summed E-state index contributed by atoms with van der Waals surface area (Å²) in [5, 5.41) is 22.9. The van der Waals surface area contributed by atoms with E-state index in [4.69, 9.17) is 5.11 Å². The highest BCUT2D eigenvalue weighted by Crippen LogP contribution is 2.31. The number of nitrogens with zero attached hydrogens (tertiary/aromatic N) is 3. The molecule has 1 amide bonds. The third-order valence-corrected chi connectivity index (χ3v) is 4.37. The highest BCUT2D eigenvalue weighted by molar-refractivity contribution is 5.90. The number of rotatable bonds is 6. The smallest absolute Gasteiger partial charge is 0.303 e. The van der Waals surface area contributed by atoms with E-state index in [0.29, 0.717) is 19.5 Å². The quantitative estimate of drug-likeness (QED) is 0.701. The fraction of sp³-hybridized carbons (Fsp3) is 0.412. The molecule has 1 aliphatic rings. The van der Waals surface area contributed by atoms with Gasteiger partial charge in [-0.2, -0.15) is 0 Å². The number of hydrogen-bond acceptors (Lipinski definition) is 6. The minimum Gasteiger partial charge on any atom is -0.481 e. The molecule has 1 fully saturated rings. The van der Waals surface area contributed by atoms with Crippen LogP contribution in [-0.4, -0.2) is 57.3 Å². The molecule has 1 atom stereocenters. The number of pyridine rings is 2. The molecule has 132 valence electrons. The van der Waals surface area contributed by atoms with Gasteiger partial charge >= 0.3 is 5.97 Å². The Hall–Kier alpha value is -2.74. The molecule has 25 heavy (non-hydrogen) atoms. The van der Waals surface area contributed by atoms with Crippen LogP contribution in [-0.2, 0) is 9.59 Å². The van der Waals surface area contributed by atoms with Crippen LogP contribution < -0.4 is 10.2 Å². The number of fused-ring (bicyclic) bond motifs is 1. The lowest BCUT2D eigenvalue weighted by molar-refractivity contribution is -0.138. The Balaban J connectivity index is 1.64. The number of nitrogens with one attached hydrogen (secondary N) is 1. The number of carbonyl (C=O) groups is 2. The molecule has 0 saturated carbocycles. The molecule has 0 radical (unpaired) electrons. The Bertz CT molecular complexity index is 792. The van der Waals surface area contributed by atoms with Gasteiger partial charge in [0, 0.05) is 55.7 Å². The van der Waals surface area contributed by atoms with Gasteiger partial charge in [0.25, 0.3) is 0 Å². The summed E-state index contributed by atoms with van der Waals surface area (Å²) in [6.07, 6.45) is 5.37. The summed E-state index contributed by atoms with van der Waals surface area (Å²) in [6.45, 7) is 1.12. The molecule has 8 nitrogen and oxygen atoms in total. The van der Waals surface area contributed by atoms with Crippen molar-refractivity contribution in [2.24, 2.45) is 0 Å². The van der Waals surface area contributed by atoms with Crippen LogP contribution in [0.3, 0.4) is 0 Å². The minimum absolute atomic E-state index is 0.0875. The van der Waals surface area contributed by atoms with Crippen LogP contribution in [0.4, 0.5) is 5.69 Å². The Morgan fingerprint density at radius 3 is 2.92 bits per heavy atom. The van der Waals surface area contributed by atoms with Gasteiger partial charge in [0.15, 0.2) is 0 Å². The fourth-order valence-electron chi connectivity index (χ4n) is 3.03. The van der Waals surface area contributed by atoms with Gasteiger partial charge in [-0.3, -0.25) is 19.6 Å². The largest absolute Gasteiger partial charge is 0.481 e. The van der Waals surface area contributed by atoms with Crippen molar-refractivity contribution in [1.29, 1.82) is 0 Å². The molecular formula is C17H20N4O4. The normalized spacial score (nSPS) is 20.0. The van der Waals surface area contributed by atoms with Gasteiger partial charge in [0.1, 0.15) is 5.60 Å². The summed E-state index contributed by atoms with van der Waals surface area (Å²) < 4.78 is 0. The van der Waals surface area contributed by atoms with Crippen molar-refractivity contribution >= 4 is 28.5 Å². The van der Waals surface area contributed by atoms with Crippen LogP contribution in [0.2, 0.25) is 0 Å². The van der Waals surface area contributed by atoms with Crippen LogP contribution in [0.15, 0.2) is 30.7 Å². The third-order valence-electron chi connectivity index (χ3n) is 4.37. The van der Waals surface area contributed by atoms with Gasteiger partial charge in [-0.05, 0) is 18.6 Å². The standard InChI is InChI=1S/C17H20N4O4/c22-15(1-2-16(23)24)20-10-17(25)5-8-21(11-17)14-4-7-19-13-3-6-18-9-12(13)14/h3-4,6-7,9,25H,1-2,5,8,10-11H2,(H,20,22)(H,23,24)/t17-/m0/s1. The topological polar surface area (TPSA) is 116 Å². The number of anilines is 1. The number of amides is 1. The van der Waals surface area contributed by atoms with Crippen LogP contribution in [0.5, 0.6) is 0 Å². The van der Waals surface area contributed by atoms with E-state index in [1.54, 1.807) is 18.6 Å². The van der Waals surface area contributed by atoms with E-state index >= 15 is 0 Å². The summed E-state index contributed by atoms with van der Waals surface area (Å²) in [5.74, 6) is -1.38. The zero-order valence-electron chi connectivity index (χ0n) is 13.7. The van der Waals surface area contributed by atoms with Crippen LogP contribution in [0, 0.1) is 0 Å². The van der Waals surface area contributed by atoms with Crippen LogP contribution in [0.25, 0.3) is 10.9 Å². The Morgan fingerprint density at radius 2 is 2.12 bits per heavy atom. The summed E-state index contributed by atoms with van der Waals surface area (Å²) in [6, 6.07) is 3.73. The van der Waals surface area contributed by atoms with Gasteiger partial charge in [-0.15, -0.1) is 0 Å². The van der Waals surface area contributed by atoms with Crippen LogP contribution >= 0.6 is 0 Å². The second kappa shape index (κ2) is 7.02. The van der Waals surface area contributed by atoms with Crippen molar-refractivity contribution in [3.63, 3.8) is 0 Å². The van der Waals surface area contributed by atoms with Crippen molar-refractivity contribution in [3.8, 4) is 0 Å². The first-order valence-electron chi connectivity index (χ1n) is 8.11. The molecule has 0 bridgehead atoms. The first kappa shape index (κ1) is 17.1. The maximum absolute atomic E-state index is 11.7. The van der Waals surface area contributed by atoms with Gasteiger partial charge in [-0.1, -0.05) is 0 Å². The summed E-state index contributed by atoms with van der Waals surface area (Å²) in [7, 11) is 0. The van der Waals surface area contributed by atoms with Crippen molar-refractivity contribution in [1.82, 2.24) is 15.3 Å². The second-order valence-electron chi connectivity index (χ2n) is 6.29. The third kappa shape index (κ3) is 4.03. The van der Waals surface area contributed by atoms with E-state index in [9.17, 15) is 14.7 Å². The van der Waals surface area contributed by atoms with Crippen molar-refractivity contribution in [2.45, 2.75) is 24.9 Å². The molecular weight excluding hydrogens is 324 g/mol. The lowest BCUT2D eigenvalue weighted by Gasteiger charge is -2.25. The predicted octanol–water partition coefficient (Wildman–Crippen LogP) is 0.552. The monoisotopic (exact) mass is 344 g/mol. The summed E-state index contributed by atoms with van der Waals surface area (Å²) >= 11 is 0. The number of hydrogen-bond donors (Lipinski definition) is 3. The highest BCUT2D eigenvalue weighted by Gasteiger charge is 2.37. The number of aromatic nitrogens is 2. The Kier molecular flexibility index (Phi) is 4.80. The average Bonchev–Trinajstić information content (AvgIpc) is 3.00. The van der Waals surface area contributed by atoms with Crippen LogP contribution in [0.1, 0.15) is 19.3 Å². The highest BCUT2D eigenvalue weighted by atomic mass is 16.4. The van der Waals surface area contributed by atoms with Crippen molar-refractivity contribution in [3.05, 3.63) is 30.7 Å². The number of aliphatic hydroxyl groups is 1.